The summed E-state index contributed by atoms with van der Waals surface area (Å²) in [5, 5.41) is 0. The highest BCUT2D eigenvalue weighted by molar-refractivity contribution is 7.45. The fraction of sp³-hybridized carbons (Fsp3) is 0.933. The van der Waals surface area contributed by atoms with Gasteiger partial charge < -0.3 is 27.9 Å². The lowest BCUT2D eigenvalue weighted by molar-refractivity contribution is -0.870. The molecule has 0 spiro atoms. The number of phosphoric acid groups is 1. The molecule has 0 aliphatic carbocycles. The van der Waals surface area contributed by atoms with Gasteiger partial charge in [-0.2, -0.15) is 0 Å². The zero-order chi connectivity index (χ0) is 51.3. The molecule has 0 aliphatic rings. The first-order chi connectivity index (χ1) is 34.0. The molecule has 0 aliphatic heterocycles. The second kappa shape index (κ2) is 52.6. The van der Waals surface area contributed by atoms with Gasteiger partial charge in [0.05, 0.1) is 27.7 Å². The van der Waals surface area contributed by atoms with E-state index in [9.17, 15) is 19.0 Å². The first-order valence-corrected chi connectivity index (χ1v) is 31.9. The Bertz CT molecular complexity index is 1190. The predicted octanol–water partition coefficient (Wildman–Crippen LogP) is 18.2. The van der Waals surface area contributed by atoms with E-state index < -0.39 is 26.5 Å². The maximum Gasteiger partial charge on any atom is 0.306 e. The first kappa shape index (κ1) is 68.8. The maximum atomic E-state index is 12.8. The van der Waals surface area contributed by atoms with Crippen molar-refractivity contribution in [2.75, 3.05) is 47.5 Å². The normalized spacial score (nSPS) is 13.3. The number of esters is 2. The molecule has 0 saturated heterocycles. The number of ether oxygens (including phenoxy) is 2. The van der Waals surface area contributed by atoms with Crippen LogP contribution in [0.25, 0.3) is 0 Å². The predicted molar refractivity (Wildman–Crippen MR) is 296 cm³/mol. The topological polar surface area (TPSA) is 111 Å². The van der Waals surface area contributed by atoms with Crippen molar-refractivity contribution >= 4 is 19.8 Å². The third-order valence-electron chi connectivity index (χ3n) is 13.8. The van der Waals surface area contributed by atoms with Crippen LogP contribution in [0.3, 0.4) is 0 Å². The van der Waals surface area contributed by atoms with E-state index in [0.717, 1.165) is 44.9 Å². The fourth-order valence-electron chi connectivity index (χ4n) is 9.07. The average Bonchev–Trinajstić information content (AvgIpc) is 3.32. The van der Waals surface area contributed by atoms with Gasteiger partial charge in [0.2, 0.25) is 0 Å². The van der Waals surface area contributed by atoms with Crippen molar-refractivity contribution in [1.29, 1.82) is 0 Å². The summed E-state index contributed by atoms with van der Waals surface area (Å²) >= 11 is 0. The van der Waals surface area contributed by atoms with E-state index in [1.807, 2.05) is 21.1 Å². The van der Waals surface area contributed by atoms with E-state index in [0.29, 0.717) is 17.4 Å². The number of phosphoric ester groups is 1. The van der Waals surface area contributed by atoms with Gasteiger partial charge in [0.15, 0.2) is 6.10 Å². The highest BCUT2D eigenvalue weighted by Gasteiger charge is 2.22. The lowest BCUT2D eigenvalue weighted by atomic mass is 10.0. The first-order valence-electron chi connectivity index (χ1n) is 30.4. The quantitative estimate of drug-likeness (QED) is 0.0195. The summed E-state index contributed by atoms with van der Waals surface area (Å²) in [7, 11) is 1.18. The van der Waals surface area contributed by atoms with Crippen molar-refractivity contribution in [2.45, 2.75) is 315 Å². The largest absolute Gasteiger partial charge is 0.756 e. The average molecular weight is 1010 g/mol. The number of nitrogens with zero attached hydrogens (tertiary/aromatic N) is 1. The van der Waals surface area contributed by atoms with E-state index in [4.69, 9.17) is 18.5 Å². The molecule has 9 nitrogen and oxygen atoms in total. The van der Waals surface area contributed by atoms with Gasteiger partial charge in [-0.15, -0.1) is 0 Å². The molecular formula is C60H118NO8P. The summed E-state index contributed by atoms with van der Waals surface area (Å²) in [5.74, 6) is -0.819. The lowest BCUT2D eigenvalue weighted by Crippen LogP contribution is -2.37. The van der Waals surface area contributed by atoms with Crippen molar-refractivity contribution < 1.29 is 42.1 Å². The number of likely N-dealkylation sites (N-methyl/N-ethyl adjacent to an activating group) is 1. The van der Waals surface area contributed by atoms with Crippen LogP contribution < -0.4 is 4.89 Å². The molecule has 2 atom stereocenters. The molecule has 0 fully saturated rings. The second-order valence-electron chi connectivity index (χ2n) is 22.1. The number of hydrogen-bond acceptors (Lipinski definition) is 8. The van der Waals surface area contributed by atoms with Crippen molar-refractivity contribution in [3.63, 3.8) is 0 Å². The van der Waals surface area contributed by atoms with Crippen LogP contribution in [0.2, 0.25) is 0 Å². The Hall–Kier alpha value is -1.25. The van der Waals surface area contributed by atoms with Gasteiger partial charge in [0.1, 0.15) is 19.8 Å². The van der Waals surface area contributed by atoms with Gasteiger partial charge in [-0.3, -0.25) is 14.2 Å². The van der Waals surface area contributed by atoms with Gasteiger partial charge in [0, 0.05) is 12.8 Å². The van der Waals surface area contributed by atoms with Gasteiger partial charge in [-0.25, -0.2) is 0 Å². The molecule has 2 unspecified atom stereocenters. The molecule has 0 bridgehead atoms. The second-order valence-corrected chi connectivity index (χ2v) is 23.5. The van der Waals surface area contributed by atoms with Gasteiger partial charge in [-0.05, 0) is 38.5 Å². The van der Waals surface area contributed by atoms with Gasteiger partial charge in [0.25, 0.3) is 7.82 Å². The summed E-state index contributed by atoms with van der Waals surface area (Å²) in [4.78, 5) is 37.9. The Kier molecular flexibility index (Phi) is 51.7. The van der Waals surface area contributed by atoms with Crippen LogP contribution in [-0.4, -0.2) is 70.0 Å². The van der Waals surface area contributed by atoms with Crippen molar-refractivity contribution in [3.8, 4) is 0 Å². The Morgan fingerprint density at radius 1 is 0.429 bits per heavy atom. The maximum absolute atomic E-state index is 12.8. The number of carbonyl (C=O) groups is 2. The smallest absolute Gasteiger partial charge is 0.306 e. The van der Waals surface area contributed by atoms with Crippen molar-refractivity contribution in [1.82, 2.24) is 0 Å². The molecule has 0 aromatic carbocycles. The molecule has 0 saturated carbocycles. The molecule has 416 valence electrons. The molecule has 0 N–H and O–H groups in total. The third-order valence-corrected chi connectivity index (χ3v) is 14.7. The molecule has 0 amide bonds. The highest BCUT2D eigenvalue weighted by atomic mass is 31.2. The molecule has 0 aromatic heterocycles. The third kappa shape index (κ3) is 56.1. The summed E-state index contributed by atoms with van der Waals surface area (Å²) in [6, 6.07) is 0. The monoisotopic (exact) mass is 1010 g/mol. The molecule has 0 heterocycles. The Morgan fingerprint density at radius 3 is 1.06 bits per heavy atom. The van der Waals surface area contributed by atoms with Crippen LogP contribution in [0.4, 0.5) is 0 Å². The number of hydrogen-bond donors (Lipinski definition) is 0. The molecule has 70 heavy (non-hydrogen) atoms. The minimum Gasteiger partial charge on any atom is -0.756 e. The summed E-state index contributed by atoms with van der Waals surface area (Å²) < 4.78 is 34.2. The molecule has 10 heteroatoms. The Labute approximate surface area is 435 Å². The molecule has 0 aromatic rings. The number of rotatable bonds is 57. The minimum atomic E-state index is -4.63. The number of allylic oxidation sites excluding steroid dienone is 2. The number of unbranched alkanes of at least 4 members (excludes halogenated alkanes) is 41. The van der Waals surface area contributed by atoms with Gasteiger partial charge >= 0.3 is 11.9 Å². The molecule has 0 rings (SSSR count). The van der Waals surface area contributed by atoms with E-state index in [1.54, 1.807) is 0 Å². The number of quaternary nitrogens is 1. The van der Waals surface area contributed by atoms with E-state index in [2.05, 4.69) is 26.0 Å². The zero-order valence-corrected chi connectivity index (χ0v) is 48.1. The lowest BCUT2D eigenvalue weighted by Gasteiger charge is -2.28. The highest BCUT2D eigenvalue weighted by Crippen LogP contribution is 2.38. The standard InChI is InChI=1S/C60H118NO8P/c1-6-8-10-12-14-16-18-20-22-24-26-27-28-29-30-31-32-33-34-35-37-38-40-42-44-46-48-50-52-59(62)66-56-58(57-68-70(64,65)67-55-54-61(3,4)5)69-60(63)53-51-49-47-45-43-41-39-36-25-23-21-19-17-15-13-11-9-7-2/h23,25,58H,6-22,24,26-57H2,1-5H3/b25-23-. The summed E-state index contributed by atoms with van der Waals surface area (Å²) in [5.41, 5.74) is 0. The van der Waals surface area contributed by atoms with E-state index >= 15 is 0 Å². The minimum absolute atomic E-state index is 0.0280. The van der Waals surface area contributed by atoms with Crippen molar-refractivity contribution in [3.05, 3.63) is 12.2 Å². The summed E-state index contributed by atoms with van der Waals surface area (Å²) in [6.45, 7) is 4.29. The van der Waals surface area contributed by atoms with Gasteiger partial charge in [-0.1, -0.05) is 270 Å². The van der Waals surface area contributed by atoms with Crippen LogP contribution in [0, 0.1) is 0 Å². The Morgan fingerprint density at radius 2 is 0.729 bits per heavy atom. The fourth-order valence-corrected chi connectivity index (χ4v) is 9.80. The molecular weight excluding hydrogens is 894 g/mol. The molecule has 0 radical (unpaired) electrons. The van der Waals surface area contributed by atoms with E-state index in [-0.39, 0.29) is 32.0 Å². The van der Waals surface area contributed by atoms with Crippen LogP contribution in [-0.2, 0) is 32.7 Å². The van der Waals surface area contributed by atoms with Crippen LogP contribution in [0.15, 0.2) is 12.2 Å². The summed E-state index contributed by atoms with van der Waals surface area (Å²) in [6.07, 6.45) is 61.3. The van der Waals surface area contributed by atoms with E-state index in [1.165, 1.54) is 231 Å². The van der Waals surface area contributed by atoms with Crippen molar-refractivity contribution in [2.24, 2.45) is 0 Å². The van der Waals surface area contributed by atoms with Crippen LogP contribution in [0.1, 0.15) is 309 Å². The zero-order valence-electron chi connectivity index (χ0n) is 47.2. The number of carbonyl (C=O) groups excluding carboxylic acids is 2. The Balaban J connectivity index is 4.04. The SMILES string of the molecule is CCCCCCCCC/C=C\CCCCCCCCCC(=O)OC(COC(=O)CCCCCCCCCCCCCCCCCCCCCCCCCCCCCC)COP(=O)([O-])OCC[N+](C)(C)C. The van der Waals surface area contributed by atoms with Crippen LogP contribution >= 0.6 is 7.82 Å². The van der Waals surface area contributed by atoms with Crippen LogP contribution in [0.5, 0.6) is 0 Å².